The summed E-state index contributed by atoms with van der Waals surface area (Å²) in [6.45, 7) is 7.33. The molecular formula is C38H32IrNO3-. The molecule has 0 aliphatic rings. The number of fused-ring (bicyclic) bond motifs is 9. The van der Waals surface area contributed by atoms with Crippen LogP contribution in [-0.4, -0.2) is 15.9 Å². The number of allylic oxidation sites excluding steroid dienone is 2. The molecule has 0 aliphatic carbocycles. The molecule has 0 fully saturated rings. The number of hydrogen-bond donors (Lipinski definition) is 1. The molecule has 7 rings (SSSR count). The van der Waals surface area contributed by atoms with E-state index in [2.05, 4.69) is 104 Å². The SMILES string of the molecule is CC(=O)/C=C(/C)O.CC(C)Cc1ccnc(-c2[c-]cc3oc4cc5c6ccccc6c6ccccc6c5cc4c3c2)c1.[Ir]. The van der Waals surface area contributed by atoms with Crippen molar-refractivity contribution in [3.05, 3.63) is 115 Å². The summed E-state index contributed by atoms with van der Waals surface area (Å²) in [5.74, 6) is 0.543. The molecule has 43 heavy (non-hydrogen) atoms. The fourth-order valence-corrected chi connectivity index (χ4v) is 5.78. The standard InChI is InChI=1S/C33H24NO.C5H8O2.Ir/c1-20(2)15-21-13-14-34-31(16-21)22-11-12-32-29(17-22)30-18-27-25-9-5-3-7-23(25)24-8-4-6-10-26(24)28(27)19-33(30)35-32;1-4(6)3-5(2)7;/h3-10,12-14,16-20H,15H2,1-2H3;3,6H,1-2H3;/q-1;;/b;4-3-;. The number of aliphatic hydroxyl groups is 1. The molecule has 7 aromatic rings. The maximum atomic E-state index is 10.0. The van der Waals surface area contributed by atoms with Gasteiger partial charge in [-0.3, -0.25) is 4.79 Å². The molecule has 0 unspecified atom stereocenters. The van der Waals surface area contributed by atoms with Gasteiger partial charge >= 0.3 is 0 Å². The van der Waals surface area contributed by atoms with E-state index in [1.54, 1.807) is 0 Å². The number of furan rings is 1. The molecule has 0 atom stereocenters. The van der Waals surface area contributed by atoms with Gasteiger partial charge in [0.25, 0.3) is 0 Å². The van der Waals surface area contributed by atoms with E-state index in [-0.39, 0.29) is 31.6 Å². The predicted octanol–water partition coefficient (Wildman–Crippen LogP) is 10.1. The summed E-state index contributed by atoms with van der Waals surface area (Å²) in [7, 11) is 0. The third-order valence-corrected chi connectivity index (χ3v) is 7.42. The van der Waals surface area contributed by atoms with Gasteiger partial charge in [-0.2, -0.15) is 0 Å². The summed E-state index contributed by atoms with van der Waals surface area (Å²) in [6, 6.07) is 33.7. The Kier molecular flexibility index (Phi) is 8.77. The second-order valence-electron chi connectivity index (χ2n) is 11.3. The van der Waals surface area contributed by atoms with E-state index in [4.69, 9.17) is 9.52 Å². The van der Waals surface area contributed by atoms with Crippen molar-refractivity contribution in [3.8, 4) is 11.3 Å². The van der Waals surface area contributed by atoms with Crippen LogP contribution in [0.3, 0.4) is 0 Å². The summed E-state index contributed by atoms with van der Waals surface area (Å²) in [4.78, 5) is 14.7. The number of hydrogen-bond acceptors (Lipinski definition) is 4. The average molecular weight is 743 g/mol. The summed E-state index contributed by atoms with van der Waals surface area (Å²) >= 11 is 0. The van der Waals surface area contributed by atoms with Gasteiger partial charge in [-0.25, -0.2) is 0 Å². The smallest absolute Gasteiger partial charge is 0.155 e. The van der Waals surface area contributed by atoms with Crippen molar-refractivity contribution in [1.82, 2.24) is 4.98 Å². The molecule has 0 spiro atoms. The number of pyridine rings is 1. The summed E-state index contributed by atoms with van der Waals surface area (Å²) < 4.78 is 6.34. The van der Waals surface area contributed by atoms with Gasteiger partial charge in [-0.1, -0.05) is 79.4 Å². The van der Waals surface area contributed by atoms with E-state index < -0.39 is 0 Å². The summed E-state index contributed by atoms with van der Waals surface area (Å²) in [5, 5.41) is 18.1. The van der Waals surface area contributed by atoms with E-state index in [0.29, 0.717) is 5.92 Å². The Morgan fingerprint density at radius 3 is 1.95 bits per heavy atom. The quantitative estimate of drug-likeness (QED) is 0.0844. The second kappa shape index (κ2) is 12.5. The van der Waals surface area contributed by atoms with Gasteiger partial charge in [0.1, 0.15) is 5.58 Å². The molecule has 0 aliphatic heterocycles. The minimum Gasteiger partial charge on any atom is -0.512 e. The van der Waals surface area contributed by atoms with E-state index >= 15 is 0 Å². The Labute approximate surface area is 264 Å². The predicted molar refractivity (Wildman–Crippen MR) is 174 cm³/mol. The van der Waals surface area contributed by atoms with E-state index in [0.717, 1.165) is 39.6 Å². The van der Waals surface area contributed by atoms with Crippen LogP contribution in [0.15, 0.2) is 107 Å². The van der Waals surface area contributed by atoms with Crippen molar-refractivity contribution in [2.24, 2.45) is 5.92 Å². The molecule has 5 aromatic carbocycles. The zero-order valence-electron chi connectivity index (χ0n) is 24.6. The van der Waals surface area contributed by atoms with Gasteiger partial charge < -0.3 is 14.5 Å². The Bertz CT molecular complexity index is 2150. The third kappa shape index (κ3) is 6.10. The first-order valence-electron chi connectivity index (χ1n) is 14.2. The van der Waals surface area contributed by atoms with Crippen molar-refractivity contribution < 1.29 is 34.4 Å². The van der Waals surface area contributed by atoms with Crippen molar-refractivity contribution in [2.45, 2.75) is 34.1 Å². The molecule has 0 bridgehead atoms. The number of ketones is 1. The zero-order chi connectivity index (χ0) is 29.4. The maximum Gasteiger partial charge on any atom is 0.155 e. The van der Waals surface area contributed by atoms with Crippen LogP contribution < -0.4 is 0 Å². The Morgan fingerprint density at radius 2 is 1.40 bits per heavy atom. The second-order valence-corrected chi connectivity index (χ2v) is 11.3. The largest absolute Gasteiger partial charge is 0.512 e. The van der Waals surface area contributed by atoms with Crippen LogP contribution in [0.4, 0.5) is 0 Å². The van der Waals surface area contributed by atoms with E-state index in [9.17, 15) is 4.79 Å². The number of carbonyl (C=O) groups excluding carboxylic acids is 1. The average Bonchev–Trinajstić information content (AvgIpc) is 3.33. The molecule has 0 saturated carbocycles. The van der Waals surface area contributed by atoms with Gasteiger partial charge in [-0.15, -0.1) is 23.8 Å². The van der Waals surface area contributed by atoms with E-state index in [1.807, 2.05) is 12.3 Å². The van der Waals surface area contributed by atoms with Crippen molar-refractivity contribution in [2.75, 3.05) is 0 Å². The van der Waals surface area contributed by atoms with Crippen LogP contribution in [0.1, 0.15) is 33.3 Å². The van der Waals surface area contributed by atoms with Crippen molar-refractivity contribution in [1.29, 1.82) is 0 Å². The molecule has 0 amide bonds. The Hall–Kier alpha value is -4.31. The first kappa shape index (κ1) is 30.2. The minimum atomic E-state index is -0.125. The molecule has 4 nitrogen and oxygen atoms in total. The fraction of sp³-hybridized carbons (Fsp3) is 0.158. The molecule has 217 valence electrons. The van der Waals surface area contributed by atoms with Crippen LogP contribution >= 0.6 is 0 Å². The molecular weight excluding hydrogens is 711 g/mol. The topological polar surface area (TPSA) is 63.3 Å². The van der Waals surface area contributed by atoms with Crippen molar-refractivity contribution in [3.63, 3.8) is 0 Å². The van der Waals surface area contributed by atoms with Gasteiger partial charge in [0.15, 0.2) is 5.78 Å². The van der Waals surface area contributed by atoms with Crippen LogP contribution in [0, 0.1) is 12.0 Å². The Morgan fingerprint density at radius 1 is 0.814 bits per heavy atom. The normalized spacial score (nSPS) is 11.7. The van der Waals surface area contributed by atoms with Crippen LogP contribution in [-0.2, 0) is 31.3 Å². The first-order valence-corrected chi connectivity index (χ1v) is 14.2. The van der Waals surface area contributed by atoms with Crippen LogP contribution in [0.2, 0.25) is 0 Å². The van der Waals surface area contributed by atoms with Crippen LogP contribution in [0.25, 0.3) is 65.5 Å². The molecule has 1 N–H and O–H groups in total. The minimum absolute atomic E-state index is 0. The van der Waals surface area contributed by atoms with Gasteiger partial charge in [-0.05, 0) is 82.4 Å². The number of benzene rings is 5. The van der Waals surface area contributed by atoms with Gasteiger partial charge in [0.05, 0.1) is 11.3 Å². The Balaban J connectivity index is 0.000000415. The van der Waals surface area contributed by atoms with Gasteiger partial charge in [0.2, 0.25) is 0 Å². The number of aliphatic hydroxyl groups excluding tert-OH is 1. The third-order valence-electron chi connectivity index (χ3n) is 7.42. The molecule has 0 saturated heterocycles. The first-order chi connectivity index (χ1) is 20.3. The number of nitrogens with zero attached hydrogens (tertiary/aromatic N) is 1. The fourth-order valence-electron chi connectivity index (χ4n) is 5.78. The maximum absolute atomic E-state index is 10.0. The molecule has 2 aromatic heterocycles. The monoisotopic (exact) mass is 743 g/mol. The molecule has 5 heteroatoms. The zero-order valence-corrected chi connectivity index (χ0v) is 27.0. The number of carbonyl (C=O) groups is 1. The van der Waals surface area contributed by atoms with Gasteiger partial charge in [0, 0.05) is 37.8 Å². The summed E-state index contributed by atoms with van der Waals surface area (Å²) in [6.07, 6.45) is 4.11. The summed E-state index contributed by atoms with van der Waals surface area (Å²) in [5.41, 5.74) is 5.01. The molecule has 2 heterocycles. The van der Waals surface area contributed by atoms with E-state index in [1.165, 1.54) is 57.8 Å². The molecule has 1 radical (unpaired) electrons. The number of aromatic nitrogens is 1. The van der Waals surface area contributed by atoms with Crippen LogP contribution in [0.5, 0.6) is 0 Å². The number of rotatable bonds is 4. The van der Waals surface area contributed by atoms with Crippen molar-refractivity contribution >= 4 is 60.0 Å².